The van der Waals surface area contributed by atoms with E-state index in [1.54, 1.807) is 49.4 Å². The van der Waals surface area contributed by atoms with E-state index in [0.29, 0.717) is 16.4 Å². The summed E-state index contributed by atoms with van der Waals surface area (Å²) < 4.78 is 5.26. The molecule has 4 rings (SSSR count). The van der Waals surface area contributed by atoms with Gasteiger partial charge in [-0.15, -0.1) is 0 Å². The molecule has 29 heavy (non-hydrogen) atoms. The Hall–Kier alpha value is -2.85. The minimum atomic E-state index is -0.920. The zero-order valence-electron chi connectivity index (χ0n) is 15.5. The van der Waals surface area contributed by atoms with Crippen molar-refractivity contribution in [2.24, 2.45) is 5.92 Å². The number of benzene rings is 2. The summed E-state index contributed by atoms with van der Waals surface area (Å²) in [7, 11) is 0. The minimum Gasteiger partial charge on any atom is -0.466 e. The van der Waals surface area contributed by atoms with Gasteiger partial charge in [0.15, 0.2) is 0 Å². The van der Waals surface area contributed by atoms with Gasteiger partial charge in [-0.05, 0) is 36.8 Å². The van der Waals surface area contributed by atoms with Crippen molar-refractivity contribution in [3.63, 3.8) is 0 Å². The summed E-state index contributed by atoms with van der Waals surface area (Å²) in [5.74, 6) is -1.36. The van der Waals surface area contributed by atoms with Crippen molar-refractivity contribution in [2.45, 2.75) is 19.1 Å². The number of carbonyl (C=O) groups excluding carboxylic acids is 2. The molecule has 0 saturated carbocycles. The highest BCUT2D eigenvalue weighted by Crippen LogP contribution is 2.37. The Morgan fingerprint density at radius 2 is 2.00 bits per heavy atom. The van der Waals surface area contributed by atoms with Gasteiger partial charge in [-0.25, -0.2) is 15.6 Å². The molecule has 2 aromatic rings. The quantitative estimate of drug-likeness (QED) is 0.566. The van der Waals surface area contributed by atoms with Crippen LogP contribution in [0.1, 0.15) is 18.5 Å². The molecule has 10 heteroatoms. The van der Waals surface area contributed by atoms with Crippen LogP contribution in [0.5, 0.6) is 0 Å². The van der Waals surface area contributed by atoms with Gasteiger partial charge in [-0.1, -0.05) is 35.9 Å². The van der Waals surface area contributed by atoms with E-state index in [1.807, 2.05) is 6.07 Å². The number of halogens is 1. The second kappa shape index (κ2) is 7.88. The number of hydrogen-bond donors (Lipinski definition) is 4. The number of nitrogens with one attached hydrogen (secondary N) is 3. The second-order valence-electron chi connectivity index (χ2n) is 6.63. The molecule has 0 aliphatic carbocycles. The number of anilines is 2. The van der Waals surface area contributed by atoms with E-state index in [4.69, 9.17) is 16.3 Å². The van der Waals surface area contributed by atoms with E-state index in [9.17, 15) is 14.8 Å². The highest BCUT2D eigenvalue weighted by atomic mass is 35.5. The lowest BCUT2D eigenvalue weighted by Gasteiger charge is -2.40. The van der Waals surface area contributed by atoms with Crippen LogP contribution in [0.25, 0.3) is 0 Å². The normalized spacial score (nSPS) is 23.6. The van der Waals surface area contributed by atoms with Crippen LogP contribution in [0.2, 0.25) is 5.02 Å². The third-order valence-electron chi connectivity index (χ3n) is 4.89. The highest BCUT2D eigenvalue weighted by molar-refractivity contribution is 6.30. The maximum absolute atomic E-state index is 12.8. The average Bonchev–Trinajstić information content (AvgIpc) is 3.13. The first-order valence-electron chi connectivity index (χ1n) is 9.12. The lowest BCUT2D eigenvalue weighted by molar-refractivity contribution is -0.150. The third kappa shape index (κ3) is 3.49. The molecule has 3 atom stereocenters. The minimum absolute atomic E-state index is 0.183. The van der Waals surface area contributed by atoms with Crippen LogP contribution < -0.4 is 21.3 Å². The molecule has 9 nitrogen and oxygen atoms in total. The Balaban J connectivity index is 1.70. The van der Waals surface area contributed by atoms with Gasteiger partial charge in [0.25, 0.3) is 0 Å². The molecule has 0 radical (unpaired) electrons. The molecule has 2 aliphatic rings. The molecule has 2 aromatic carbocycles. The summed E-state index contributed by atoms with van der Waals surface area (Å²) in [6.45, 7) is 1.89. The Kier molecular flexibility index (Phi) is 5.29. The van der Waals surface area contributed by atoms with Gasteiger partial charge in [0.1, 0.15) is 17.8 Å². The van der Waals surface area contributed by atoms with Crippen LogP contribution in [-0.2, 0) is 9.53 Å². The van der Waals surface area contributed by atoms with Crippen LogP contribution in [0, 0.1) is 5.92 Å². The van der Waals surface area contributed by atoms with Crippen molar-refractivity contribution in [1.82, 2.24) is 15.9 Å². The van der Waals surface area contributed by atoms with Crippen LogP contribution in [0.3, 0.4) is 0 Å². The van der Waals surface area contributed by atoms with Gasteiger partial charge in [0.2, 0.25) is 0 Å². The number of urea groups is 1. The van der Waals surface area contributed by atoms with Gasteiger partial charge in [-0.3, -0.25) is 10.0 Å². The average molecular weight is 418 g/mol. The molecule has 3 unspecified atom stereocenters. The van der Waals surface area contributed by atoms with Crippen molar-refractivity contribution in [2.75, 3.05) is 17.1 Å². The SMILES string of the molecule is CCOC(=O)C1C(c2cccc(Cl)c2)NNC1N1C(=O)Nc2ccccc2N1O. The molecular formula is C19H20ClN5O4. The fourth-order valence-electron chi connectivity index (χ4n) is 3.62. The molecule has 0 aromatic heterocycles. The first-order chi connectivity index (χ1) is 14.0. The molecule has 2 amide bonds. The molecular weight excluding hydrogens is 398 g/mol. The molecule has 2 aliphatic heterocycles. The molecule has 2 heterocycles. The van der Waals surface area contributed by atoms with Gasteiger partial charge >= 0.3 is 12.0 Å². The summed E-state index contributed by atoms with van der Waals surface area (Å²) in [6, 6.07) is 12.7. The predicted molar refractivity (Wildman–Crippen MR) is 106 cm³/mol. The molecule has 0 spiro atoms. The summed E-state index contributed by atoms with van der Waals surface area (Å²) >= 11 is 6.11. The largest absolute Gasteiger partial charge is 0.466 e. The summed E-state index contributed by atoms with van der Waals surface area (Å²) in [5, 5.41) is 15.8. The van der Waals surface area contributed by atoms with Crippen LogP contribution >= 0.6 is 11.6 Å². The number of nitrogens with zero attached hydrogens (tertiary/aromatic N) is 2. The summed E-state index contributed by atoms with van der Waals surface area (Å²) in [5.41, 5.74) is 7.56. The van der Waals surface area contributed by atoms with E-state index >= 15 is 0 Å². The van der Waals surface area contributed by atoms with Crippen molar-refractivity contribution in [1.29, 1.82) is 0 Å². The lowest BCUT2D eigenvalue weighted by atomic mass is 9.92. The smallest absolute Gasteiger partial charge is 0.344 e. The molecule has 152 valence electrons. The molecule has 1 saturated heterocycles. The number of amides is 2. The Morgan fingerprint density at radius 3 is 2.76 bits per heavy atom. The fourth-order valence-corrected chi connectivity index (χ4v) is 3.82. The van der Waals surface area contributed by atoms with Gasteiger partial charge in [0, 0.05) is 5.02 Å². The van der Waals surface area contributed by atoms with Crippen molar-refractivity contribution >= 4 is 35.0 Å². The summed E-state index contributed by atoms with van der Waals surface area (Å²) in [6.07, 6.45) is -0.920. The number of fused-ring (bicyclic) bond motifs is 1. The van der Waals surface area contributed by atoms with Crippen molar-refractivity contribution in [3.8, 4) is 0 Å². The fraction of sp³-hybridized carbons (Fsp3) is 0.263. The number of esters is 1. The maximum Gasteiger partial charge on any atom is 0.344 e. The standard InChI is InChI=1S/C19H20ClN5O4/c1-2-29-18(26)15-16(11-6-5-7-12(20)10-11)22-23-17(15)24-19(27)21-13-8-3-4-9-14(13)25(24)28/h3-10,15-17,22-23,28H,2H2,1H3,(H,21,27). The number of hydrazine groups is 2. The monoisotopic (exact) mass is 417 g/mol. The van der Waals surface area contributed by atoms with Crippen molar-refractivity contribution < 1.29 is 19.5 Å². The van der Waals surface area contributed by atoms with E-state index in [-0.39, 0.29) is 6.61 Å². The van der Waals surface area contributed by atoms with Crippen molar-refractivity contribution in [3.05, 3.63) is 59.1 Å². The zero-order chi connectivity index (χ0) is 20.5. The predicted octanol–water partition coefficient (Wildman–Crippen LogP) is 2.65. The number of ether oxygens (including phenoxy) is 1. The van der Waals surface area contributed by atoms with Crippen LogP contribution in [0.4, 0.5) is 16.2 Å². The first kappa shape index (κ1) is 19.5. The number of para-hydroxylation sites is 2. The van der Waals surface area contributed by atoms with Gasteiger partial charge in [0.05, 0.1) is 18.3 Å². The number of rotatable bonds is 4. The molecule has 4 N–H and O–H groups in total. The first-order valence-corrected chi connectivity index (χ1v) is 9.50. The van der Waals surface area contributed by atoms with E-state index in [1.165, 1.54) is 0 Å². The molecule has 1 fully saturated rings. The van der Waals surface area contributed by atoms with Crippen LogP contribution in [-0.4, -0.2) is 35.0 Å². The maximum atomic E-state index is 12.8. The van der Waals surface area contributed by atoms with Gasteiger partial charge < -0.3 is 10.1 Å². The highest BCUT2D eigenvalue weighted by Gasteiger charge is 2.50. The third-order valence-corrected chi connectivity index (χ3v) is 5.12. The molecule has 0 bridgehead atoms. The van der Waals surface area contributed by atoms with Gasteiger partial charge in [-0.2, -0.15) is 10.2 Å². The summed E-state index contributed by atoms with van der Waals surface area (Å²) in [4.78, 5) is 25.6. The van der Waals surface area contributed by atoms with E-state index < -0.39 is 30.1 Å². The van der Waals surface area contributed by atoms with E-state index in [0.717, 1.165) is 15.7 Å². The number of carbonyl (C=O) groups is 2. The Bertz CT molecular complexity index is 942. The Labute approximate surface area is 172 Å². The second-order valence-corrected chi connectivity index (χ2v) is 7.06. The lowest BCUT2D eigenvalue weighted by Crippen LogP contribution is -2.61. The zero-order valence-corrected chi connectivity index (χ0v) is 16.3. The van der Waals surface area contributed by atoms with Crippen LogP contribution in [0.15, 0.2) is 48.5 Å². The topological polar surface area (TPSA) is 106 Å². The van der Waals surface area contributed by atoms with E-state index in [2.05, 4.69) is 16.2 Å². The number of hydrogen-bond acceptors (Lipinski definition) is 7. The Morgan fingerprint density at radius 1 is 1.21 bits per heavy atom.